The van der Waals surface area contributed by atoms with E-state index in [2.05, 4.69) is 4.98 Å². The third-order valence-electron chi connectivity index (χ3n) is 3.61. The van der Waals surface area contributed by atoms with Crippen molar-refractivity contribution in [3.8, 4) is 0 Å². The Kier molecular flexibility index (Phi) is 2.86. The van der Waals surface area contributed by atoms with Crippen LogP contribution in [0.3, 0.4) is 0 Å². The summed E-state index contributed by atoms with van der Waals surface area (Å²) in [5, 5.41) is 0.546. The summed E-state index contributed by atoms with van der Waals surface area (Å²) >= 11 is 5.91. The van der Waals surface area contributed by atoms with E-state index in [9.17, 15) is 19.2 Å². The van der Waals surface area contributed by atoms with Crippen LogP contribution in [0.5, 0.6) is 0 Å². The van der Waals surface area contributed by atoms with E-state index in [1.54, 1.807) is 6.08 Å². The van der Waals surface area contributed by atoms with Crippen LogP contribution in [0.2, 0.25) is 0 Å². The molecule has 2 N–H and O–H groups in total. The molecule has 1 aromatic rings. The van der Waals surface area contributed by atoms with Gasteiger partial charge in [-0.2, -0.15) is 0 Å². The molecular weight excluding hydrogens is 286 g/mol. The van der Waals surface area contributed by atoms with Gasteiger partial charge in [-0.05, 0) is 12.8 Å². The normalized spacial score (nSPS) is 25.6. The lowest BCUT2D eigenvalue weighted by Crippen LogP contribution is -2.37. The van der Waals surface area contributed by atoms with Crippen LogP contribution in [0.15, 0.2) is 26.9 Å². The summed E-state index contributed by atoms with van der Waals surface area (Å²) in [5.74, 6) is -1.91. The molecule has 0 spiro atoms. The van der Waals surface area contributed by atoms with Crippen molar-refractivity contribution in [1.82, 2.24) is 9.97 Å². The number of rotatable bonds is 1. The molecule has 20 heavy (non-hydrogen) atoms. The van der Waals surface area contributed by atoms with Gasteiger partial charge in [-0.3, -0.25) is 19.4 Å². The van der Waals surface area contributed by atoms with Gasteiger partial charge in [0.1, 0.15) is 5.69 Å². The summed E-state index contributed by atoms with van der Waals surface area (Å²) in [7, 11) is 0. The standard InChI is InChI=1S/C12H10ClN3O4/c13-5-1-2-6-7(3-5)11(19)16(10(6)18)8-4-14-12(20)15-9(8)17/h1,4,6-7H,2-3H2,(H2,14,15,17,20). The average Bonchev–Trinajstić information content (AvgIpc) is 2.63. The van der Waals surface area contributed by atoms with Gasteiger partial charge in [0.25, 0.3) is 5.56 Å². The maximum absolute atomic E-state index is 12.3. The highest BCUT2D eigenvalue weighted by Gasteiger charge is 2.49. The number of nitrogens with zero attached hydrogens (tertiary/aromatic N) is 1. The Balaban J connectivity index is 2.04. The molecule has 2 amide bonds. The number of hydrogen-bond donors (Lipinski definition) is 2. The Labute approximate surface area is 117 Å². The van der Waals surface area contributed by atoms with Gasteiger partial charge in [-0.15, -0.1) is 0 Å². The molecule has 104 valence electrons. The second kappa shape index (κ2) is 4.45. The largest absolute Gasteiger partial charge is 0.325 e. The van der Waals surface area contributed by atoms with Crippen molar-refractivity contribution < 1.29 is 9.59 Å². The van der Waals surface area contributed by atoms with E-state index in [-0.39, 0.29) is 5.69 Å². The first-order valence-corrected chi connectivity index (χ1v) is 6.41. The van der Waals surface area contributed by atoms with Crippen molar-refractivity contribution in [2.75, 3.05) is 4.90 Å². The minimum Gasteiger partial charge on any atom is -0.312 e. The number of amides is 2. The first-order chi connectivity index (χ1) is 9.49. The number of allylic oxidation sites excluding steroid dienone is 2. The van der Waals surface area contributed by atoms with Gasteiger partial charge >= 0.3 is 5.69 Å². The number of nitrogens with one attached hydrogen (secondary N) is 2. The Morgan fingerprint density at radius 1 is 1.15 bits per heavy atom. The van der Waals surface area contributed by atoms with Gasteiger partial charge in [-0.25, -0.2) is 9.69 Å². The Morgan fingerprint density at radius 2 is 1.85 bits per heavy atom. The number of anilines is 1. The highest BCUT2D eigenvalue weighted by Crippen LogP contribution is 2.39. The zero-order valence-corrected chi connectivity index (χ0v) is 10.9. The third-order valence-corrected chi connectivity index (χ3v) is 3.92. The molecular formula is C12H10ClN3O4. The summed E-state index contributed by atoms with van der Waals surface area (Å²) in [5.41, 5.74) is -1.63. The molecule has 3 rings (SSSR count). The zero-order valence-electron chi connectivity index (χ0n) is 10.2. The molecule has 0 aromatic carbocycles. The number of halogens is 1. The maximum atomic E-state index is 12.3. The first kappa shape index (κ1) is 12.9. The molecule has 2 unspecified atom stereocenters. The quantitative estimate of drug-likeness (QED) is 0.716. The third kappa shape index (κ3) is 1.82. The lowest BCUT2D eigenvalue weighted by Gasteiger charge is -2.17. The number of aromatic amines is 2. The van der Waals surface area contributed by atoms with E-state index in [4.69, 9.17) is 11.6 Å². The smallest absolute Gasteiger partial charge is 0.312 e. The molecule has 0 saturated carbocycles. The molecule has 7 nitrogen and oxygen atoms in total. The van der Waals surface area contributed by atoms with Crippen LogP contribution in [-0.2, 0) is 9.59 Å². The summed E-state index contributed by atoms with van der Waals surface area (Å²) in [6, 6.07) is 0. The molecule has 2 aliphatic rings. The van der Waals surface area contributed by atoms with Crippen molar-refractivity contribution in [1.29, 1.82) is 0 Å². The lowest BCUT2D eigenvalue weighted by atomic mass is 9.85. The molecule has 2 heterocycles. The SMILES string of the molecule is O=C1C2CC=C(Cl)CC2C(=O)N1c1c[nH]c(=O)[nH]c1=O. The molecule has 8 heteroatoms. The van der Waals surface area contributed by atoms with Crippen molar-refractivity contribution in [2.24, 2.45) is 11.8 Å². The highest BCUT2D eigenvalue weighted by atomic mass is 35.5. The Hall–Kier alpha value is -2.15. The second-order valence-electron chi connectivity index (χ2n) is 4.77. The lowest BCUT2D eigenvalue weighted by molar-refractivity contribution is -0.122. The van der Waals surface area contributed by atoms with Crippen LogP contribution in [0.4, 0.5) is 5.69 Å². The van der Waals surface area contributed by atoms with Crippen molar-refractivity contribution in [3.63, 3.8) is 0 Å². The van der Waals surface area contributed by atoms with Crippen LogP contribution in [0, 0.1) is 11.8 Å². The minimum absolute atomic E-state index is 0.162. The number of imide groups is 1. The fraction of sp³-hybridized carbons (Fsp3) is 0.333. The van der Waals surface area contributed by atoms with E-state index >= 15 is 0 Å². The molecule has 0 radical (unpaired) electrons. The number of aromatic nitrogens is 2. The monoisotopic (exact) mass is 295 g/mol. The van der Waals surface area contributed by atoms with E-state index in [1.165, 1.54) is 0 Å². The fourth-order valence-corrected chi connectivity index (χ4v) is 2.89. The molecule has 2 atom stereocenters. The van der Waals surface area contributed by atoms with Gasteiger partial charge in [0.15, 0.2) is 0 Å². The summed E-state index contributed by atoms with van der Waals surface area (Å²) < 4.78 is 0. The number of fused-ring (bicyclic) bond motifs is 1. The molecule has 1 aliphatic heterocycles. The zero-order chi connectivity index (χ0) is 14.4. The molecule has 0 bridgehead atoms. The summed E-state index contributed by atoms with van der Waals surface area (Å²) in [4.78, 5) is 52.4. The van der Waals surface area contributed by atoms with Crippen LogP contribution in [0.1, 0.15) is 12.8 Å². The molecule has 1 aromatic heterocycles. The number of hydrogen-bond acceptors (Lipinski definition) is 4. The number of H-pyrrole nitrogens is 2. The van der Waals surface area contributed by atoms with Gasteiger partial charge in [-0.1, -0.05) is 17.7 Å². The van der Waals surface area contributed by atoms with Crippen LogP contribution >= 0.6 is 11.6 Å². The summed E-state index contributed by atoms with van der Waals surface area (Å²) in [6.07, 6.45) is 3.47. The van der Waals surface area contributed by atoms with Crippen molar-refractivity contribution >= 4 is 29.1 Å². The van der Waals surface area contributed by atoms with Gasteiger partial charge in [0.2, 0.25) is 11.8 Å². The Bertz CT molecular complexity index is 748. The first-order valence-electron chi connectivity index (χ1n) is 6.03. The van der Waals surface area contributed by atoms with E-state index in [0.29, 0.717) is 17.9 Å². The predicted molar refractivity (Wildman–Crippen MR) is 70.3 cm³/mol. The fourth-order valence-electron chi connectivity index (χ4n) is 2.63. The highest BCUT2D eigenvalue weighted by molar-refractivity contribution is 6.30. The van der Waals surface area contributed by atoms with Gasteiger partial charge in [0.05, 0.1) is 11.8 Å². The van der Waals surface area contributed by atoms with Crippen LogP contribution in [0.25, 0.3) is 0 Å². The minimum atomic E-state index is -0.770. The average molecular weight is 296 g/mol. The van der Waals surface area contributed by atoms with E-state index in [1.807, 2.05) is 4.98 Å². The van der Waals surface area contributed by atoms with Crippen molar-refractivity contribution in [2.45, 2.75) is 12.8 Å². The van der Waals surface area contributed by atoms with Crippen molar-refractivity contribution in [3.05, 3.63) is 38.1 Å². The van der Waals surface area contributed by atoms with E-state index in [0.717, 1.165) is 11.1 Å². The molecule has 1 aliphatic carbocycles. The van der Waals surface area contributed by atoms with Crippen LogP contribution < -0.4 is 16.1 Å². The van der Waals surface area contributed by atoms with Gasteiger partial charge in [0, 0.05) is 11.2 Å². The van der Waals surface area contributed by atoms with E-state index < -0.39 is 34.9 Å². The molecule has 1 fully saturated rings. The predicted octanol–water partition coefficient (Wildman–Crippen LogP) is 0.0853. The number of carbonyl (C=O) groups excluding carboxylic acids is 2. The second-order valence-corrected chi connectivity index (χ2v) is 5.26. The topological polar surface area (TPSA) is 103 Å². The summed E-state index contributed by atoms with van der Waals surface area (Å²) in [6.45, 7) is 0. The van der Waals surface area contributed by atoms with Crippen LogP contribution in [-0.4, -0.2) is 21.8 Å². The number of carbonyl (C=O) groups is 2. The molecule has 1 saturated heterocycles. The maximum Gasteiger partial charge on any atom is 0.325 e. The Morgan fingerprint density at radius 3 is 2.55 bits per heavy atom. The van der Waals surface area contributed by atoms with Gasteiger partial charge < -0.3 is 4.98 Å².